The minimum atomic E-state index is -0.928. The molecule has 31 heavy (non-hydrogen) atoms. The summed E-state index contributed by atoms with van der Waals surface area (Å²) in [5, 5.41) is 3.03. The van der Waals surface area contributed by atoms with Gasteiger partial charge in [-0.3, -0.25) is 9.69 Å². The summed E-state index contributed by atoms with van der Waals surface area (Å²) in [5.74, 6) is -0.649. The number of hydrogen-bond donors (Lipinski definition) is 1. The van der Waals surface area contributed by atoms with Gasteiger partial charge in [-0.1, -0.05) is 6.07 Å². The Morgan fingerprint density at radius 2 is 1.97 bits per heavy atom. The summed E-state index contributed by atoms with van der Waals surface area (Å²) < 4.78 is 46.1. The first-order valence-corrected chi connectivity index (χ1v) is 10.2. The van der Waals surface area contributed by atoms with E-state index in [1.807, 2.05) is 18.2 Å². The van der Waals surface area contributed by atoms with Gasteiger partial charge < -0.3 is 19.5 Å². The summed E-state index contributed by atoms with van der Waals surface area (Å²) in [5.41, 5.74) is -0.0659. The Labute approximate surface area is 180 Å². The first-order chi connectivity index (χ1) is 15.0. The summed E-state index contributed by atoms with van der Waals surface area (Å²) in [6, 6.07) is 9.36. The number of nitrogens with one attached hydrogen (secondary N) is 1. The number of hydrogen-bond acceptors (Lipinski definition) is 5. The fraction of sp³-hybridized carbons (Fsp3) is 0.435. The second-order valence-electron chi connectivity index (χ2n) is 8.04. The molecule has 0 bridgehead atoms. The van der Waals surface area contributed by atoms with Gasteiger partial charge in [0.2, 0.25) is 5.91 Å². The maximum Gasteiger partial charge on any atom is 0.222 e. The Kier molecular flexibility index (Phi) is 6.11. The Hall–Kier alpha value is -2.71. The van der Waals surface area contributed by atoms with Crippen molar-refractivity contribution >= 4 is 5.91 Å². The Bertz CT molecular complexity index is 950. The van der Waals surface area contributed by atoms with Gasteiger partial charge in [-0.25, -0.2) is 8.78 Å². The molecule has 2 atom stereocenters. The van der Waals surface area contributed by atoms with Crippen molar-refractivity contribution in [3.05, 3.63) is 59.2 Å². The molecule has 0 aromatic heterocycles. The summed E-state index contributed by atoms with van der Waals surface area (Å²) in [7, 11) is 3.18. The topological polar surface area (TPSA) is 60.0 Å². The van der Waals surface area contributed by atoms with Crippen LogP contribution in [0.2, 0.25) is 0 Å². The standard InChI is InChI=1S/C23H26F2N2O4/c1-29-16-6-7-20(30-2)15(10-16)11-27-12-17(22-18(24)4-3-5-19(22)25)23(13-27)14-31-9-8-21(28)26-23/h3-7,10,17H,8-9,11-14H2,1-2H3,(H,26,28)/t17-,23-/m0/s1. The van der Waals surface area contributed by atoms with E-state index in [4.69, 9.17) is 14.2 Å². The van der Waals surface area contributed by atoms with Crippen LogP contribution in [0.15, 0.2) is 36.4 Å². The number of likely N-dealkylation sites (tertiary alicyclic amines) is 1. The number of rotatable bonds is 5. The van der Waals surface area contributed by atoms with Crippen molar-refractivity contribution in [2.45, 2.75) is 24.4 Å². The second-order valence-corrected chi connectivity index (χ2v) is 8.04. The van der Waals surface area contributed by atoms with E-state index in [0.29, 0.717) is 31.1 Å². The van der Waals surface area contributed by atoms with Crippen molar-refractivity contribution in [2.24, 2.45) is 0 Å². The molecule has 2 aromatic rings. The second kappa shape index (κ2) is 8.80. The van der Waals surface area contributed by atoms with Gasteiger partial charge in [0.15, 0.2) is 0 Å². The smallest absolute Gasteiger partial charge is 0.222 e. The first kappa shape index (κ1) is 21.5. The van der Waals surface area contributed by atoms with Gasteiger partial charge in [0.05, 0.1) is 33.0 Å². The lowest BCUT2D eigenvalue weighted by Crippen LogP contribution is -2.55. The van der Waals surface area contributed by atoms with Crippen molar-refractivity contribution in [1.82, 2.24) is 10.2 Å². The predicted octanol–water partition coefficient (Wildman–Crippen LogP) is 2.86. The maximum absolute atomic E-state index is 14.8. The lowest BCUT2D eigenvalue weighted by atomic mass is 9.81. The van der Waals surface area contributed by atoms with Gasteiger partial charge in [-0.2, -0.15) is 0 Å². The highest BCUT2D eigenvalue weighted by atomic mass is 19.1. The third-order valence-corrected chi connectivity index (χ3v) is 6.06. The fourth-order valence-corrected chi connectivity index (χ4v) is 4.65. The molecule has 166 valence electrons. The van der Waals surface area contributed by atoms with Crippen molar-refractivity contribution in [3.8, 4) is 11.5 Å². The molecule has 0 saturated carbocycles. The normalized spacial score (nSPS) is 24.1. The molecule has 2 aliphatic heterocycles. The van der Waals surface area contributed by atoms with Gasteiger partial charge in [-0.05, 0) is 30.3 Å². The molecule has 2 fully saturated rings. The van der Waals surface area contributed by atoms with Gasteiger partial charge >= 0.3 is 0 Å². The quantitative estimate of drug-likeness (QED) is 0.788. The van der Waals surface area contributed by atoms with E-state index in [1.165, 1.54) is 18.2 Å². The zero-order valence-corrected chi connectivity index (χ0v) is 17.6. The van der Waals surface area contributed by atoms with Gasteiger partial charge in [0.1, 0.15) is 23.1 Å². The van der Waals surface area contributed by atoms with Gasteiger partial charge in [-0.15, -0.1) is 0 Å². The predicted molar refractivity (Wildman–Crippen MR) is 110 cm³/mol. The largest absolute Gasteiger partial charge is 0.497 e. The van der Waals surface area contributed by atoms with Crippen LogP contribution in [-0.2, 0) is 16.1 Å². The average molecular weight is 432 g/mol. The van der Waals surface area contributed by atoms with Gasteiger partial charge in [0, 0.05) is 43.1 Å². The van der Waals surface area contributed by atoms with Crippen LogP contribution < -0.4 is 14.8 Å². The zero-order chi connectivity index (χ0) is 22.0. The maximum atomic E-state index is 14.8. The lowest BCUT2D eigenvalue weighted by molar-refractivity contribution is -0.122. The van der Waals surface area contributed by atoms with Gasteiger partial charge in [0.25, 0.3) is 0 Å². The van der Waals surface area contributed by atoms with Crippen LogP contribution in [0.5, 0.6) is 11.5 Å². The molecule has 0 aliphatic carbocycles. The minimum absolute atomic E-state index is 0.0200. The molecule has 2 heterocycles. The highest BCUT2D eigenvalue weighted by molar-refractivity contribution is 5.77. The van der Waals surface area contributed by atoms with Crippen molar-refractivity contribution in [3.63, 3.8) is 0 Å². The number of benzene rings is 2. The summed E-state index contributed by atoms with van der Waals surface area (Å²) in [4.78, 5) is 14.5. The van der Waals surface area contributed by atoms with Crippen LogP contribution in [0.1, 0.15) is 23.5 Å². The third kappa shape index (κ3) is 4.22. The molecule has 1 amide bonds. The van der Waals surface area contributed by atoms with E-state index < -0.39 is 23.1 Å². The number of carbonyl (C=O) groups excluding carboxylic acids is 1. The number of carbonyl (C=O) groups is 1. The molecule has 0 unspecified atom stereocenters. The van der Waals surface area contributed by atoms with Crippen LogP contribution >= 0.6 is 0 Å². The van der Waals surface area contributed by atoms with E-state index >= 15 is 0 Å². The Morgan fingerprint density at radius 1 is 1.19 bits per heavy atom. The Balaban J connectivity index is 1.71. The SMILES string of the molecule is COc1ccc(OC)c(CN2C[C@@H](c3c(F)cccc3F)[C@@]3(COCCC(=O)N3)C2)c1. The molecule has 2 saturated heterocycles. The van der Waals surface area contributed by atoms with Crippen molar-refractivity contribution < 1.29 is 27.8 Å². The number of methoxy groups -OCH3 is 2. The van der Waals surface area contributed by atoms with Crippen molar-refractivity contribution in [1.29, 1.82) is 0 Å². The average Bonchev–Trinajstić information content (AvgIpc) is 2.95. The van der Waals surface area contributed by atoms with E-state index in [9.17, 15) is 13.6 Å². The summed E-state index contributed by atoms with van der Waals surface area (Å²) in [6.07, 6.45) is 0.220. The molecule has 2 aromatic carbocycles. The summed E-state index contributed by atoms with van der Waals surface area (Å²) >= 11 is 0. The van der Waals surface area contributed by atoms with E-state index in [0.717, 1.165) is 5.56 Å². The molecule has 1 spiro atoms. The van der Waals surface area contributed by atoms with Crippen LogP contribution in [0.4, 0.5) is 8.78 Å². The number of ether oxygens (including phenoxy) is 3. The fourth-order valence-electron chi connectivity index (χ4n) is 4.65. The van der Waals surface area contributed by atoms with Crippen LogP contribution in [-0.4, -0.2) is 56.9 Å². The molecule has 2 aliphatic rings. The first-order valence-electron chi connectivity index (χ1n) is 10.2. The number of amides is 1. The van der Waals surface area contributed by atoms with Crippen molar-refractivity contribution in [2.75, 3.05) is 40.5 Å². The third-order valence-electron chi connectivity index (χ3n) is 6.06. The Morgan fingerprint density at radius 3 is 2.68 bits per heavy atom. The molecule has 1 N–H and O–H groups in total. The molecule has 8 heteroatoms. The van der Waals surface area contributed by atoms with Crippen LogP contribution in [0.3, 0.4) is 0 Å². The van der Waals surface area contributed by atoms with Crippen LogP contribution in [0, 0.1) is 11.6 Å². The monoisotopic (exact) mass is 432 g/mol. The minimum Gasteiger partial charge on any atom is -0.497 e. The highest BCUT2D eigenvalue weighted by Gasteiger charge is 2.51. The number of halogens is 2. The molecular weight excluding hydrogens is 406 g/mol. The van der Waals surface area contributed by atoms with E-state index in [2.05, 4.69) is 10.2 Å². The molecule has 4 rings (SSSR count). The zero-order valence-electron chi connectivity index (χ0n) is 17.6. The molecular formula is C23H26F2N2O4. The van der Waals surface area contributed by atoms with E-state index in [1.54, 1.807) is 14.2 Å². The number of nitrogens with zero attached hydrogens (tertiary/aromatic N) is 1. The molecule has 6 nitrogen and oxygen atoms in total. The van der Waals surface area contributed by atoms with Crippen LogP contribution in [0.25, 0.3) is 0 Å². The lowest BCUT2D eigenvalue weighted by Gasteiger charge is -2.34. The highest BCUT2D eigenvalue weighted by Crippen LogP contribution is 2.41. The molecule has 0 radical (unpaired) electrons. The summed E-state index contributed by atoms with van der Waals surface area (Å²) in [6.45, 7) is 1.66. The van der Waals surface area contributed by atoms with E-state index in [-0.39, 0.29) is 31.1 Å².